The van der Waals surface area contributed by atoms with E-state index >= 15 is 0 Å². The minimum absolute atomic E-state index is 0.213. The van der Waals surface area contributed by atoms with Crippen molar-refractivity contribution < 1.29 is 34.1 Å². The van der Waals surface area contributed by atoms with E-state index in [1.807, 2.05) is 0 Å². The van der Waals surface area contributed by atoms with Gasteiger partial charge in [-0.25, -0.2) is 0 Å². The molecule has 0 radical (unpaired) electrons. The Labute approximate surface area is 148 Å². The number of hydrogen-bond donors (Lipinski definition) is 0. The Morgan fingerprint density at radius 2 is 0.800 bits per heavy atom. The fourth-order valence-electron chi connectivity index (χ4n) is 4.09. The van der Waals surface area contributed by atoms with Crippen molar-refractivity contribution in [2.24, 2.45) is 0 Å². The predicted molar refractivity (Wildman–Crippen MR) is 84.3 cm³/mol. The first kappa shape index (κ1) is 17.8. The second-order valence-corrected chi connectivity index (χ2v) is 7.89. The Hall–Kier alpha value is -0.570. The zero-order chi connectivity index (χ0) is 17.2. The van der Waals surface area contributed by atoms with E-state index in [9.17, 15) is 4.79 Å². The van der Waals surface area contributed by atoms with Crippen molar-refractivity contribution in [2.45, 2.75) is 107 Å². The molecule has 7 nitrogen and oxygen atoms in total. The fraction of sp³-hybridized carbons (Fsp3) is 0.944. The highest BCUT2D eigenvalue weighted by molar-refractivity contribution is 5.79. The van der Waals surface area contributed by atoms with Gasteiger partial charge in [0.2, 0.25) is 17.4 Å². The van der Waals surface area contributed by atoms with Crippen LogP contribution in [0.3, 0.4) is 0 Å². The number of carbonyl (C=O) groups is 1. The molecule has 0 aromatic heterocycles. The van der Waals surface area contributed by atoms with E-state index in [0.717, 1.165) is 38.5 Å². The number of carbonyl (C=O) groups excluding carboxylic acids is 1. The van der Waals surface area contributed by atoms with Crippen molar-refractivity contribution in [1.29, 1.82) is 0 Å². The molecule has 3 saturated carbocycles. The van der Waals surface area contributed by atoms with Crippen LogP contribution in [0.25, 0.3) is 0 Å². The first-order valence-electron chi connectivity index (χ1n) is 9.76. The number of rotatable bonds is 0. The van der Waals surface area contributed by atoms with Gasteiger partial charge in [-0.2, -0.15) is 29.3 Å². The maximum atomic E-state index is 11.7. The van der Waals surface area contributed by atoms with Gasteiger partial charge in [-0.3, -0.25) is 4.79 Å². The second kappa shape index (κ2) is 7.21. The van der Waals surface area contributed by atoms with E-state index in [4.69, 9.17) is 29.3 Å². The molecule has 1 saturated heterocycles. The van der Waals surface area contributed by atoms with Crippen molar-refractivity contribution in [3.8, 4) is 0 Å². The summed E-state index contributed by atoms with van der Waals surface area (Å²) in [5.41, 5.74) is 0. The molecular weight excluding hydrogens is 328 g/mol. The number of Topliss-reactive ketones (excluding diaryl/α,β-unsaturated/α-hetero) is 1. The zero-order valence-electron chi connectivity index (χ0n) is 14.8. The summed E-state index contributed by atoms with van der Waals surface area (Å²) in [7, 11) is 0. The molecule has 4 aliphatic rings. The first-order chi connectivity index (χ1) is 12.1. The van der Waals surface area contributed by atoms with Crippen LogP contribution >= 0.6 is 0 Å². The van der Waals surface area contributed by atoms with Gasteiger partial charge < -0.3 is 0 Å². The lowest BCUT2D eigenvalue weighted by Gasteiger charge is -2.37. The molecule has 0 atom stereocenters. The molecule has 4 fully saturated rings. The molecule has 3 aliphatic carbocycles. The topological polar surface area (TPSA) is 72.5 Å². The summed E-state index contributed by atoms with van der Waals surface area (Å²) in [5.74, 6) is -2.70. The summed E-state index contributed by atoms with van der Waals surface area (Å²) in [6.45, 7) is 0. The van der Waals surface area contributed by atoms with Gasteiger partial charge in [0.15, 0.2) is 0 Å². The summed E-state index contributed by atoms with van der Waals surface area (Å²) in [6.07, 6.45) is 10.7. The Morgan fingerprint density at radius 3 is 1.16 bits per heavy atom. The fourth-order valence-corrected chi connectivity index (χ4v) is 4.09. The molecule has 0 N–H and O–H groups in total. The van der Waals surface area contributed by atoms with Crippen molar-refractivity contribution in [3.05, 3.63) is 0 Å². The third-order valence-corrected chi connectivity index (χ3v) is 5.84. The lowest BCUT2D eigenvalue weighted by molar-refractivity contribution is -0.555. The van der Waals surface area contributed by atoms with Crippen molar-refractivity contribution in [2.75, 3.05) is 0 Å². The molecule has 0 aromatic rings. The van der Waals surface area contributed by atoms with Gasteiger partial charge in [-0.05, 0) is 25.7 Å². The normalized spacial score (nSPS) is 32.2. The summed E-state index contributed by atoms with van der Waals surface area (Å²) >= 11 is 0. The molecule has 0 bridgehead atoms. The molecule has 1 heterocycles. The maximum absolute atomic E-state index is 11.7. The van der Waals surface area contributed by atoms with Gasteiger partial charge in [-0.15, -0.1) is 0 Å². The van der Waals surface area contributed by atoms with E-state index in [-0.39, 0.29) is 5.78 Å². The van der Waals surface area contributed by atoms with Crippen LogP contribution in [0, 0.1) is 0 Å². The van der Waals surface area contributed by atoms with Gasteiger partial charge in [0.25, 0.3) is 0 Å². The van der Waals surface area contributed by atoms with Crippen molar-refractivity contribution in [3.63, 3.8) is 0 Å². The maximum Gasteiger partial charge on any atom is 0.235 e. The van der Waals surface area contributed by atoms with Crippen LogP contribution in [0.15, 0.2) is 0 Å². The van der Waals surface area contributed by atoms with Gasteiger partial charge in [0.05, 0.1) is 0 Å². The molecule has 1 aliphatic heterocycles. The molecule has 25 heavy (non-hydrogen) atoms. The summed E-state index contributed by atoms with van der Waals surface area (Å²) in [5, 5.41) is 0. The van der Waals surface area contributed by atoms with Gasteiger partial charge in [0, 0.05) is 51.4 Å². The molecule has 0 unspecified atom stereocenters. The molecule has 7 heteroatoms. The number of ketones is 1. The molecule has 142 valence electrons. The Balaban J connectivity index is 1.56. The highest BCUT2D eigenvalue weighted by Gasteiger charge is 2.50. The van der Waals surface area contributed by atoms with Crippen LogP contribution < -0.4 is 0 Å². The van der Waals surface area contributed by atoms with E-state index in [0.29, 0.717) is 51.4 Å². The lowest BCUT2D eigenvalue weighted by atomic mass is 9.93. The van der Waals surface area contributed by atoms with Gasteiger partial charge in [0.1, 0.15) is 5.78 Å². The minimum atomic E-state index is -1.07. The van der Waals surface area contributed by atoms with Gasteiger partial charge >= 0.3 is 0 Å². The third-order valence-electron chi connectivity index (χ3n) is 5.84. The average molecular weight is 356 g/mol. The van der Waals surface area contributed by atoms with E-state index < -0.39 is 17.4 Å². The number of hydrogen-bond acceptors (Lipinski definition) is 7. The second-order valence-electron chi connectivity index (χ2n) is 7.89. The van der Waals surface area contributed by atoms with E-state index in [2.05, 4.69) is 0 Å². The Kier molecular flexibility index (Phi) is 5.14. The van der Waals surface area contributed by atoms with Crippen LogP contribution in [0.4, 0.5) is 0 Å². The zero-order valence-corrected chi connectivity index (χ0v) is 14.8. The summed E-state index contributed by atoms with van der Waals surface area (Å²) in [4.78, 5) is 46.4. The van der Waals surface area contributed by atoms with Crippen molar-refractivity contribution >= 4 is 5.78 Å². The standard InChI is InChI=1S/C18H28O7/c19-15-7-13-18(14-8-15)24-22-16(9-3-1-4-10-16)20-21-17(23-25-18)11-5-2-6-12-17/h1-14H2. The van der Waals surface area contributed by atoms with Crippen LogP contribution in [-0.2, 0) is 34.1 Å². The van der Waals surface area contributed by atoms with Gasteiger partial charge in [-0.1, -0.05) is 12.8 Å². The van der Waals surface area contributed by atoms with Crippen molar-refractivity contribution in [1.82, 2.24) is 0 Å². The van der Waals surface area contributed by atoms with E-state index in [1.54, 1.807) is 0 Å². The SMILES string of the molecule is O=C1CCC2(CC1)OOC1(CCCCC1)OOC1(CCCCC1)OO2. The van der Waals surface area contributed by atoms with Crippen LogP contribution in [0.5, 0.6) is 0 Å². The highest BCUT2D eigenvalue weighted by atomic mass is 17.4. The van der Waals surface area contributed by atoms with Crippen LogP contribution in [-0.4, -0.2) is 23.1 Å². The average Bonchev–Trinajstić information content (AvgIpc) is 2.72. The molecular formula is C18H28O7. The smallest absolute Gasteiger partial charge is 0.235 e. The minimum Gasteiger partial charge on any atom is -0.300 e. The quantitative estimate of drug-likeness (QED) is 0.607. The predicted octanol–water partition coefficient (Wildman–Crippen LogP) is 4.00. The van der Waals surface area contributed by atoms with Crippen LogP contribution in [0.2, 0.25) is 0 Å². The monoisotopic (exact) mass is 356 g/mol. The summed E-state index contributed by atoms with van der Waals surface area (Å²) < 4.78 is 0. The Morgan fingerprint density at radius 1 is 0.480 bits per heavy atom. The summed E-state index contributed by atoms with van der Waals surface area (Å²) in [6, 6.07) is 0. The first-order valence-corrected chi connectivity index (χ1v) is 9.76. The molecule has 0 amide bonds. The van der Waals surface area contributed by atoms with Crippen LogP contribution in [0.1, 0.15) is 89.9 Å². The lowest BCUT2D eigenvalue weighted by Crippen LogP contribution is -2.45. The molecule has 3 spiro atoms. The molecule has 0 aromatic carbocycles. The Bertz CT molecular complexity index is 438. The largest absolute Gasteiger partial charge is 0.300 e. The third kappa shape index (κ3) is 3.91. The van der Waals surface area contributed by atoms with E-state index in [1.165, 1.54) is 0 Å². The molecule has 4 rings (SSSR count). The highest BCUT2D eigenvalue weighted by Crippen LogP contribution is 2.44.